The molecule has 1 aromatic heterocycles. The summed E-state index contributed by atoms with van der Waals surface area (Å²) >= 11 is 1.32. The molecule has 0 saturated heterocycles. The summed E-state index contributed by atoms with van der Waals surface area (Å²) in [6, 6.07) is 22.1. The van der Waals surface area contributed by atoms with E-state index in [4.69, 9.17) is 4.98 Å². The van der Waals surface area contributed by atoms with E-state index in [0.29, 0.717) is 40.5 Å². The standard InChI is InChI=1S/C36H44N4O6S2/c1-4-6-7-13-23-36(44,34(41)42)32-33(47-3)38-31(14-5-2)40(32)25-27-19-21-28(22-20-27)29-17-11-12-18-30(29)48(45,46)39-35(43)37-24-26-15-9-8-10-16-26/h8-12,15-22,44H,4-7,13-14,23-25H2,1-3H3,(H,41,42)(H2,37,39,43). The highest BCUT2D eigenvalue weighted by atomic mass is 32.2. The zero-order valence-corrected chi connectivity index (χ0v) is 29.2. The maximum Gasteiger partial charge on any atom is 0.342 e. The van der Waals surface area contributed by atoms with Crippen LogP contribution in [0, 0.1) is 0 Å². The van der Waals surface area contributed by atoms with Crippen LogP contribution in [0.2, 0.25) is 0 Å². The van der Waals surface area contributed by atoms with Crippen molar-refractivity contribution < 1.29 is 28.2 Å². The first-order valence-corrected chi connectivity index (χ1v) is 18.9. The fourth-order valence-corrected chi connectivity index (χ4v) is 7.47. The molecule has 0 fully saturated rings. The molecule has 1 unspecified atom stereocenters. The second-order valence-corrected chi connectivity index (χ2v) is 14.1. The van der Waals surface area contributed by atoms with Crippen molar-refractivity contribution >= 4 is 33.8 Å². The van der Waals surface area contributed by atoms with Crippen LogP contribution in [0.25, 0.3) is 11.1 Å². The Balaban J connectivity index is 1.61. The molecule has 0 aliphatic heterocycles. The molecule has 0 saturated carbocycles. The summed E-state index contributed by atoms with van der Waals surface area (Å²) in [7, 11) is -4.22. The van der Waals surface area contributed by atoms with Gasteiger partial charge in [0.2, 0.25) is 5.60 Å². The predicted octanol–water partition coefficient (Wildman–Crippen LogP) is 6.70. The zero-order valence-electron chi connectivity index (χ0n) is 27.6. The van der Waals surface area contributed by atoms with Crippen LogP contribution in [0.15, 0.2) is 88.8 Å². The highest BCUT2D eigenvalue weighted by Crippen LogP contribution is 2.37. The number of nitrogens with one attached hydrogen (secondary N) is 2. The number of carbonyl (C=O) groups is 2. The quantitative estimate of drug-likeness (QED) is 0.0705. The van der Waals surface area contributed by atoms with Gasteiger partial charge in [0.15, 0.2) is 0 Å². The number of aliphatic hydroxyl groups is 1. The lowest BCUT2D eigenvalue weighted by molar-refractivity contribution is -0.161. The second kappa shape index (κ2) is 16.8. The van der Waals surface area contributed by atoms with Gasteiger partial charge >= 0.3 is 12.0 Å². The van der Waals surface area contributed by atoms with E-state index in [1.807, 2.05) is 60.2 Å². The average molecular weight is 693 g/mol. The van der Waals surface area contributed by atoms with E-state index in [1.54, 1.807) is 30.3 Å². The monoisotopic (exact) mass is 692 g/mol. The van der Waals surface area contributed by atoms with E-state index in [2.05, 4.69) is 17.0 Å². The topological polar surface area (TPSA) is 151 Å². The van der Waals surface area contributed by atoms with Crippen molar-refractivity contribution in [1.29, 1.82) is 0 Å². The van der Waals surface area contributed by atoms with Gasteiger partial charge in [-0.15, -0.1) is 11.8 Å². The summed E-state index contributed by atoms with van der Waals surface area (Å²) in [5.74, 6) is -0.601. The van der Waals surface area contributed by atoms with Gasteiger partial charge in [-0.05, 0) is 48.3 Å². The van der Waals surface area contributed by atoms with Gasteiger partial charge in [0.1, 0.15) is 10.9 Å². The Morgan fingerprint density at radius 3 is 2.23 bits per heavy atom. The van der Waals surface area contributed by atoms with E-state index in [9.17, 15) is 28.2 Å². The number of imidazole rings is 1. The number of carboxylic acids is 1. The lowest BCUT2D eigenvalue weighted by Gasteiger charge is -2.26. The SMILES string of the molecule is CCCCCCC(O)(C(=O)O)c1c(SC)nc(CCC)n1Cc1ccc(-c2ccccc2S(=O)(=O)NC(=O)NCc2ccccc2)cc1. The van der Waals surface area contributed by atoms with Crippen molar-refractivity contribution in [2.24, 2.45) is 0 Å². The van der Waals surface area contributed by atoms with E-state index in [-0.39, 0.29) is 24.4 Å². The van der Waals surface area contributed by atoms with Gasteiger partial charge in [0, 0.05) is 25.1 Å². The van der Waals surface area contributed by atoms with Gasteiger partial charge in [0.05, 0.1) is 10.6 Å². The zero-order chi connectivity index (χ0) is 34.7. The van der Waals surface area contributed by atoms with Crippen LogP contribution in [0.1, 0.15) is 75.0 Å². The number of hydrogen-bond donors (Lipinski definition) is 4. The van der Waals surface area contributed by atoms with E-state index in [0.717, 1.165) is 36.8 Å². The number of aromatic nitrogens is 2. The molecular formula is C36H44N4O6S2. The minimum absolute atomic E-state index is 0.0473. The molecule has 0 radical (unpaired) electrons. The van der Waals surface area contributed by atoms with Crippen LogP contribution in [0.4, 0.5) is 4.79 Å². The maximum atomic E-state index is 13.3. The molecule has 48 heavy (non-hydrogen) atoms. The molecule has 0 bridgehead atoms. The van der Waals surface area contributed by atoms with E-state index < -0.39 is 27.6 Å². The third-order valence-electron chi connectivity index (χ3n) is 8.12. The number of thioether (sulfide) groups is 1. The number of carbonyl (C=O) groups excluding carboxylic acids is 1. The van der Waals surface area contributed by atoms with Gasteiger partial charge < -0.3 is 20.1 Å². The molecule has 0 spiro atoms. The van der Waals surface area contributed by atoms with Gasteiger partial charge in [-0.2, -0.15) is 0 Å². The number of sulfonamides is 1. The lowest BCUT2D eigenvalue weighted by Crippen LogP contribution is -2.39. The Bertz CT molecular complexity index is 1790. The minimum atomic E-state index is -4.22. The molecule has 256 valence electrons. The fourth-order valence-electron chi connectivity index (χ4n) is 5.64. The molecular weight excluding hydrogens is 649 g/mol. The number of aryl methyl sites for hydroxylation is 1. The summed E-state index contributed by atoms with van der Waals surface area (Å²) in [4.78, 5) is 29.9. The molecule has 12 heteroatoms. The van der Waals surface area contributed by atoms with Crippen LogP contribution in [-0.2, 0) is 39.9 Å². The fraction of sp³-hybridized carbons (Fsp3) is 0.361. The number of unbranched alkanes of at least 4 members (excludes halogenated alkanes) is 3. The number of rotatable bonds is 17. The Kier molecular flexibility index (Phi) is 12.9. The van der Waals surface area contributed by atoms with Crippen LogP contribution < -0.4 is 10.0 Å². The maximum absolute atomic E-state index is 13.3. The molecule has 2 amide bonds. The van der Waals surface area contributed by atoms with Crippen LogP contribution in [-0.4, -0.2) is 46.4 Å². The van der Waals surface area contributed by atoms with Crippen LogP contribution >= 0.6 is 11.8 Å². The Hall–Kier alpha value is -4.13. The van der Waals surface area contributed by atoms with Crippen molar-refractivity contribution in [3.05, 3.63) is 102 Å². The summed E-state index contributed by atoms with van der Waals surface area (Å²) in [6.45, 7) is 4.54. The smallest absolute Gasteiger partial charge is 0.342 e. The number of nitrogens with zero attached hydrogens (tertiary/aromatic N) is 2. The number of aliphatic carboxylic acids is 1. The number of carboxylic acid groups (broad SMARTS) is 1. The first-order valence-electron chi connectivity index (χ1n) is 16.2. The number of benzene rings is 3. The molecule has 4 N–H and O–H groups in total. The van der Waals surface area contributed by atoms with Gasteiger partial charge in [0.25, 0.3) is 10.0 Å². The summed E-state index contributed by atoms with van der Waals surface area (Å²) in [5, 5.41) is 25.1. The highest BCUT2D eigenvalue weighted by Gasteiger charge is 2.43. The Morgan fingerprint density at radius 2 is 1.58 bits per heavy atom. The summed E-state index contributed by atoms with van der Waals surface area (Å²) in [5.41, 5.74) is 0.878. The molecule has 0 aliphatic carbocycles. The molecule has 4 aromatic rings. The lowest BCUT2D eigenvalue weighted by atomic mass is 9.92. The van der Waals surface area contributed by atoms with Crippen molar-refractivity contribution in [3.63, 3.8) is 0 Å². The number of hydrogen-bond acceptors (Lipinski definition) is 7. The largest absolute Gasteiger partial charge is 0.479 e. The van der Waals surface area contributed by atoms with Crippen LogP contribution in [0.5, 0.6) is 0 Å². The second-order valence-electron chi connectivity index (χ2n) is 11.7. The molecule has 0 aliphatic rings. The van der Waals surface area contributed by atoms with Crippen molar-refractivity contribution in [2.75, 3.05) is 6.26 Å². The van der Waals surface area contributed by atoms with Crippen molar-refractivity contribution in [3.8, 4) is 11.1 Å². The van der Waals surface area contributed by atoms with Crippen LogP contribution in [0.3, 0.4) is 0 Å². The van der Waals surface area contributed by atoms with Gasteiger partial charge in [-0.3, -0.25) is 0 Å². The van der Waals surface area contributed by atoms with E-state index >= 15 is 0 Å². The Morgan fingerprint density at radius 1 is 0.896 bits per heavy atom. The van der Waals surface area contributed by atoms with Gasteiger partial charge in [-0.1, -0.05) is 106 Å². The predicted molar refractivity (Wildman–Crippen MR) is 188 cm³/mol. The minimum Gasteiger partial charge on any atom is -0.479 e. The third kappa shape index (κ3) is 8.86. The van der Waals surface area contributed by atoms with Crippen molar-refractivity contribution in [1.82, 2.24) is 19.6 Å². The highest BCUT2D eigenvalue weighted by molar-refractivity contribution is 7.98. The summed E-state index contributed by atoms with van der Waals surface area (Å²) < 4.78 is 30.6. The normalized spacial score (nSPS) is 12.8. The first kappa shape index (κ1) is 36.7. The van der Waals surface area contributed by atoms with Crippen molar-refractivity contribution in [2.45, 2.75) is 87.4 Å². The summed E-state index contributed by atoms with van der Waals surface area (Å²) in [6.07, 6.45) is 6.64. The average Bonchev–Trinajstić information content (AvgIpc) is 3.43. The van der Waals surface area contributed by atoms with E-state index in [1.165, 1.54) is 17.8 Å². The van der Waals surface area contributed by atoms with Gasteiger partial charge in [-0.25, -0.2) is 27.7 Å². The Labute approximate surface area is 287 Å². The third-order valence-corrected chi connectivity index (χ3v) is 10.2. The molecule has 1 atom stereocenters. The molecule has 1 heterocycles. The molecule has 10 nitrogen and oxygen atoms in total. The molecule has 4 rings (SSSR count). The number of amides is 2. The molecule has 3 aromatic carbocycles. The first-order chi connectivity index (χ1) is 23.0. The number of urea groups is 1.